The van der Waals surface area contributed by atoms with Crippen LogP contribution in [0.2, 0.25) is 5.02 Å². The Labute approximate surface area is 120 Å². The summed E-state index contributed by atoms with van der Waals surface area (Å²) in [5, 5.41) is 9.14. The molecule has 5 heteroatoms. The first-order valence-electron chi connectivity index (χ1n) is 6.23. The molecule has 3 rings (SSSR count). The van der Waals surface area contributed by atoms with Gasteiger partial charge in [0.1, 0.15) is 23.2 Å². The number of pyridine rings is 1. The van der Waals surface area contributed by atoms with Crippen LogP contribution in [0.4, 0.5) is 4.39 Å². The van der Waals surface area contributed by atoms with Crippen LogP contribution in [0.25, 0.3) is 0 Å². The van der Waals surface area contributed by atoms with Gasteiger partial charge < -0.3 is 4.74 Å². The SMILES string of the molecule is N#Cc1cc2c(nc1Oc1ccc(F)c(Cl)c1)CCC2. The van der Waals surface area contributed by atoms with Crippen molar-refractivity contribution in [3.63, 3.8) is 0 Å². The summed E-state index contributed by atoms with van der Waals surface area (Å²) in [6.07, 6.45) is 2.88. The molecule has 1 aromatic heterocycles. The standard InChI is InChI=1S/C15H10ClFN2O/c16-12-7-11(4-5-13(12)17)20-15-10(8-18)6-9-2-1-3-14(9)19-15/h4-7H,1-3H2. The molecule has 0 unspecified atom stereocenters. The summed E-state index contributed by atoms with van der Waals surface area (Å²) >= 11 is 5.71. The Balaban J connectivity index is 1.98. The molecule has 1 aromatic carbocycles. The molecule has 0 amide bonds. The second-order valence-electron chi connectivity index (χ2n) is 4.59. The van der Waals surface area contributed by atoms with Crippen LogP contribution in [0, 0.1) is 17.1 Å². The topological polar surface area (TPSA) is 45.9 Å². The zero-order valence-electron chi connectivity index (χ0n) is 10.5. The molecule has 0 radical (unpaired) electrons. The molecule has 100 valence electrons. The van der Waals surface area contributed by atoms with Crippen LogP contribution >= 0.6 is 11.6 Å². The molecule has 0 fully saturated rings. The van der Waals surface area contributed by atoms with Gasteiger partial charge in [-0.25, -0.2) is 9.37 Å². The first-order valence-corrected chi connectivity index (χ1v) is 6.61. The highest BCUT2D eigenvalue weighted by Gasteiger charge is 2.17. The predicted octanol–water partition coefficient (Wildman–Crippen LogP) is 4.03. The molecule has 1 aliphatic rings. The molecule has 0 saturated carbocycles. The van der Waals surface area contributed by atoms with E-state index in [9.17, 15) is 9.65 Å². The van der Waals surface area contributed by atoms with Crippen molar-refractivity contribution in [1.82, 2.24) is 4.98 Å². The third-order valence-corrected chi connectivity index (χ3v) is 3.53. The number of aromatic nitrogens is 1. The maximum absolute atomic E-state index is 13.1. The summed E-state index contributed by atoms with van der Waals surface area (Å²) in [6.45, 7) is 0. The normalized spacial score (nSPS) is 12.8. The van der Waals surface area contributed by atoms with E-state index in [1.165, 1.54) is 18.2 Å². The first kappa shape index (κ1) is 12.9. The monoisotopic (exact) mass is 288 g/mol. The van der Waals surface area contributed by atoms with Crippen molar-refractivity contribution in [2.75, 3.05) is 0 Å². The van der Waals surface area contributed by atoms with Gasteiger partial charge in [-0.05, 0) is 43.0 Å². The van der Waals surface area contributed by atoms with Crippen LogP contribution in [-0.2, 0) is 12.8 Å². The molecule has 0 N–H and O–H groups in total. The van der Waals surface area contributed by atoms with Gasteiger partial charge in [-0.1, -0.05) is 11.6 Å². The van der Waals surface area contributed by atoms with Crippen molar-refractivity contribution in [1.29, 1.82) is 5.26 Å². The molecule has 0 spiro atoms. The summed E-state index contributed by atoms with van der Waals surface area (Å²) in [7, 11) is 0. The molecule has 20 heavy (non-hydrogen) atoms. The molecule has 0 aliphatic heterocycles. The van der Waals surface area contributed by atoms with Crippen molar-refractivity contribution < 1.29 is 9.13 Å². The van der Waals surface area contributed by atoms with E-state index in [-0.39, 0.29) is 10.9 Å². The molecule has 0 saturated heterocycles. The zero-order chi connectivity index (χ0) is 14.1. The Morgan fingerprint density at radius 1 is 1.30 bits per heavy atom. The van der Waals surface area contributed by atoms with Crippen molar-refractivity contribution in [3.05, 3.63) is 51.9 Å². The minimum Gasteiger partial charge on any atom is -0.438 e. The van der Waals surface area contributed by atoms with E-state index in [2.05, 4.69) is 11.1 Å². The van der Waals surface area contributed by atoms with Crippen molar-refractivity contribution in [2.45, 2.75) is 19.3 Å². The highest BCUT2D eigenvalue weighted by molar-refractivity contribution is 6.30. The lowest BCUT2D eigenvalue weighted by Gasteiger charge is -2.09. The van der Waals surface area contributed by atoms with Crippen molar-refractivity contribution in [2.24, 2.45) is 0 Å². The van der Waals surface area contributed by atoms with Crippen LogP contribution in [0.15, 0.2) is 24.3 Å². The van der Waals surface area contributed by atoms with E-state index >= 15 is 0 Å². The fraction of sp³-hybridized carbons (Fsp3) is 0.200. The van der Waals surface area contributed by atoms with Crippen LogP contribution in [0.5, 0.6) is 11.6 Å². The largest absolute Gasteiger partial charge is 0.438 e. The Hall–Kier alpha value is -2.12. The van der Waals surface area contributed by atoms with Crippen molar-refractivity contribution >= 4 is 11.6 Å². The Bertz CT molecular complexity index is 725. The van der Waals surface area contributed by atoms with Crippen LogP contribution < -0.4 is 4.74 Å². The highest BCUT2D eigenvalue weighted by atomic mass is 35.5. The Morgan fingerprint density at radius 2 is 2.15 bits per heavy atom. The minimum atomic E-state index is -0.513. The average molecular weight is 289 g/mol. The number of nitriles is 1. The lowest BCUT2D eigenvalue weighted by Crippen LogP contribution is -1.97. The molecule has 3 nitrogen and oxygen atoms in total. The third-order valence-electron chi connectivity index (χ3n) is 3.24. The van der Waals surface area contributed by atoms with Crippen molar-refractivity contribution in [3.8, 4) is 17.7 Å². The molecule has 1 heterocycles. The van der Waals surface area contributed by atoms with Gasteiger partial charge in [0.15, 0.2) is 0 Å². The van der Waals surface area contributed by atoms with Crippen LogP contribution in [-0.4, -0.2) is 4.98 Å². The summed E-state index contributed by atoms with van der Waals surface area (Å²) in [5.74, 6) is 0.0932. The molecule has 1 aliphatic carbocycles. The second-order valence-corrected chi connectivity index (χ2v) is 5.00. The van der Waals surface area contributed by atoms with Gasteiger partial charge in [0.25, 0.3) is 0 Å². The molecular weight excluding hydrogens is 279 g/mol. The molecule has 2 aromatic rings. The molecule has 0 atom stereocenters. The van der Waals surface area contributed by atoms with E-state index in [0.29, 0.717) is 11.3 Å². The van der Waals surface area contributed by atoms with Crippen LogP contribution in [0.3, 0.4) is 0 Å². The smallest absolute Gasteiger partial charge is 0.237 e. The number of benzene rings is 1. The number of hydrogen-bond acceptors (Lipinski definition) is 3. The van der Waals surface area contributed by atoms with E-state index < -0.39 is 5.82 Å². The number of nitrogens with zero attached hydrogens (tertiary/aromatic N) is 2. The summed E-state index contributed by atoms with van der Waals surface area (Å²) in [4.78, 5) is 4.39. The number of fused-ring (bicyclic) bond motifs is 1. The van der Waals surface area contributed by atoms with Gasteiger partial charge in [0.05, 0.1) is 5.02 Å². The lowest BCUT2D eigenvalue weighted by atomic mass is 10.1. The fourth-order valence-electron chi connectivity index (χ4n) is 2.26. The quantitative estimate of drug-likeness (QED) is 0.838. The Morgan fingerprint density at radius 3 is 2.90 bits per heavy atom. The van der Waals surface area contributed by atoms with Gasteiger partial charge in [0, 0.05) is 11.8 Å². The van der Waals surface area contributed by atoms with Gasteiger partial charge >= 0.3 is 0 Å². The zero-order valence-corrected chi connectivity index (χ0v) is 11.2. The minimum absolute atomic E-state index is 0.0258. The first-order chi connectivity index (χ1) is 9.67. The number of hydrogen-bond donors (Lipinski definition) is 0. The van der Waals surface area contributed by atoms with Gasteiger partial charge in [-0.2, -0.15) is 5.26 Å². The summed E-state index contributed by atoms with van der Waals surface area (Å²) < 4.78 is 18.7. The predicted molar refractivity (Wildman–Crippen MR) is 72.5 cm³/mol. The summed E-state index contributed by atoms with van der Waals surface area (Å²) in [6, 6.07) is 7.94. The van der Waals surface area contributed by atoms with Gasteiger partial charge in [-0.15, -0.1) is 0 Å². The molecular formula is C15H10ClFN2O. The fourth-order valence-corrected chi connectivity index (χ4v) is 2.43. The van der Waals surface area contributed by atoms with Gasteiger partial charge in [0.2, 0.25) is 5.88 Å². The van der Waals surface area contributed by atoms with E-state index in [1.807, 2.05) is 6.07 Å². The highest BCUT2D eigenvalue weighted by Crippen LogP contribution is 2.30. The molecule has 0 bridgehead atoms. The maximum atomic E-state index is 13.1. The Kier molecular flexibility index (Phi) is 3.29. The van der Waals surface area contributed by atoms with E-state index in [1.54, 1.807) is 0 Å². The van der Waals surface area contributed by atoms with E-state index in [4.69, 9.17) is 16.3 Å². The lowest BCUT2D eigenvalue weighted by molar-refractivity contribution is 0.458. The van der Waals surface area contributed by atoms with Crippen LogP contribution in [0.1, 0.15) is 23.2 Å². The maximum Gasteiger partial charge on any atom is 0.237 e. The van der Waals surface area contributed by atoms with Gasteiger partial charge in [-0.3, -0.25) is 0 Å². The number of ether oxygens (including phenoxy) is 1. The average Bonchev–Trinajstić information content (AvgIpc) is 2.89. The second kappa shape index (κ2) is 5.10. The number of aryl methyl sites for hydroxylation is 2. The number of rotatable bonds is 2. The van der Waals surface area contributed by atoms with E-state index in [0.717, 1.165) is 30.5 Å². The number of halogens is 2. The summed E-state index contributed by atoms with van der Waals surface area (Å²) in [5.41, 5.74) is 2.45. The third kappa shape index (κ3) is 2.33.